The topological polar surface area (TPSA) is 63.8 Å². The van der Waals surface area contributed by atoms with E-state index in [1.165, 1.54) is 12.4 Å². The Kier molecular flexibility index (Phi) is 3.42. The molecule has 0 saturated carbocycles. The van der Waals surface area contributed by atoms with Gasteiger partial charge in [-0.2, -0.15) is 0 Å². The average molecular weight is 315 g/mol. The molecular weight excluding hydrogens is 306 g/mol. The van der Waals surface area contributed by atoms with Gasteiger partial charge >= 0.3 is 0 Å². The van der Waals surface area contributed by atoms with E-state index in [1.807, 2.05) is 0 Å². The van der Waals surface area contributed by atoms with Gasteiger partial charge in [-0.15, -0.1) is 0 Å². The molecule has 0 unspecified atom stereocenters. The summed E-state index contributed by atoms with van der Waals surface area (Å²) in [5.41, 5.74) is 6.31. The smallest absolute Gasteiger partial charge is 0.149 e. The molecule has 1 aromatic carbocycles. The molecule has 0 spiro atoms. The summed E-state index contributed by atoms with van der Waals surface area (Å²) >= 11 is 2.99. The van der Waals surface area contributed by atoms with Crippen LogP contribution in [-0.2, 0) is 0 Å². The van der Waals surface area contributed by atoms with Crippen molar-refractivity contribution in [3.63, 3.8) is 0 Å². The van der Waals surface area contributed by atoms with E-state index in [0.29, 0.717) is 17.2 Å². The standard InChI is InChI=1S/C11H9BrF2N4/c1-5-10(15)16-4-17-11(5)18-9-2-6(12)7(13)3-8(9)14/h2-4H,1H3,(H3,15,16,17,18). The molecule has 2 rings (SSSR count). The average Bonchev–Trinajstić information content (AvgIpc) is 2.32. The highest BCUT2D eigenvalue weighted by Crippen LogP contribution is 2.27. The second-order valence-corrected chi connectivity index (χ2v) is 4.46. The van der Waals surface area contributed by atoms with Gasteiger partial charge in [0.05, 0.1) is 10.2 Å². The first-order valence-electron chi connectivity index (χ1n) is 4.97. The quantitative estimate of drug-likeness (QED) is 0.836. The Morgan fingerprint density at radius 2 is 1.94 bits per heavy atom. The van der Waals surface area contributed by atoms with Gasteiger partial charge in [-0.05, 0) is 28.9 Å². The summed E-state index contributed by atoms with van der Waals surface area (Å²) in [6.45, 7) is 1.70. The van der Waals surface area contributed by atoms with Crippen molar-refractivity contribution in [1.29, 1.82) is 0 Å². The van der Waals surface area contributed by atoms with Gasteiger partial charge in [0, 0.05) is 11.6 Å². The van der Waals surface area contributed by atoms with Crippen molar-refractivity contribution in [2.24, 2.45) is 0 Å². The van der Waals surface area contributed by atoms with Crippen LogP contribution in [0.25, 0.3) is 0 Å². The Bertz CT molecular complexity index is 604. The number of anilines is 3. The van der Waals surface area contributed by atoms with Crippen LogP contribution >= 0.6 is 15.9 Å². The molecule has 1 aromatic heterocycles. The lowest BCUT2D eigenvalue weighted by Crippen LogP contribution is -2.03. The molecule has 2 aromatic rings. The summed E-state index contributed by atoms with van der Waals surface area (Å²) in [5.74, 6) is -0.710. The van der Waals surface area contributed by atoms with Crippen molar-refractivity contribution in [3.05, 3.63) is 40.1 Å². The third-order valence-electron chi connectivity index (χ3n) is 2.39. The fourth-order valence-electron chi connectivity index (χ4n) is 1.34. The molecule has 0 fully saturated rings. The molecule has 0 amide bonds. The highest BCUT2D eigenvalue weighted by atomic mass is 79.9. The lowest BCUT2D eigenvalue weighted by Gasteiger charge is -2.10. The SMILES string of the molecule is Cc1c(N)ncnc1Nc1cc(Br)c(F)cc1F. The molecule has 0 aliphatic heterocycles. The van der Waals surface area contributed by atoms with Crippen LogP contribution in [0.15, 0.2) is 22.9 Å². The fourth-order valence-corrected chi connectivity index (χ4v) is 1.68. The number of hydrogen-bond donors (Lipinski definition) is 2. The minimum Gasteiger partial charge on any atom is -0.383 e. The molecule has 4 nitrogen and oxygen atoms in total. The number of nitrogens with two attached hydrogens (primary N) is 1. The molecule has 0 atom stereocenters. The number of rotatable bonds is 2. The molecule has 0 aliphatic carbocycles. The minimum absolute atomic E-state index is 0.101. The van der Waals surface area contributed by atoms with Gasteiger partial charge in [-0.25, -0.2) is 18.7 Å². The number of nitrogen functional groups attached to an aromatic ring is 1. The predicted octanol–water partition coefficient (Wildman–Crippen LogP) is 3.15. The first-order valence-corrected chi connectivity index (χ1v) is 5.77. The minimum atomic E-state index is -0.715. The van der Waals surface area contributed by atoms with Gasteiger partial charge in [-0.3, -0.25) is 0 Å². The van der Waals surface area contributed by atoms with E-state index in [2.05, 4.69) is 31.2 Å². The van der Waals surface area contributed by atoms with E-state index in [0.717, 1.165) is 6.07 Å². The van der Waals surface area contributed by atoms with Gasteiger partial charge in [-0.1, -0.05) is 0 Å². The molecule has 0 saturated heterocycles. The molecular formula is C11H9BrF2N4. The van der Waals surface area contributed by atoms with E-state index in [-0.39, 0.29) is 10.2 Å². The van der Waals surface area contributed by atoms with Gasteiger partial charge in [0.2, 0.25) is 0 Å². The van der Waals surface area contributed by atoms with Crippen molar-refractivity contribution in [1.82, 2.24) is 9.97 Å². The molecule has 3 N–H and O–H groups in total. The van der Waals surface area contributed by atoms with Gasteiger partial charge in [0.15, 0.2) is 0 Å². The number of nitrogens with one attached hydrogen (secondary N) is 1. The fraction of sp³-hybridized carbons (Fsp3) is 0.0909. The Morgan fingerprint density at radius 1 is 1.22 bits per heavy atom. The van der Waals surface area contributed by atoms with Crippen LogP contribution in [0, 0.1) is 18.6 Å². The Morgan fingerprint density at radius 3 is 2.67 bits per heavy atom. The molecule has 0 aliphatic rings. The number of halogens is 3. The van der Waals surface area contributed by atoms with Crippen LogP contribution < -0.4 is 11.1 Å². The first-order chi connectivity index (χ1) is 8.49. The van der Waals surface area contributed by atoms with Gasteiger partial charge < -0.3 is 11.1 Å². The summed E-state index contributed by atoms with van der Waals surface area (Å²) < 4.78 is 26.8. The third-order valence-corrected chi connectivity index (χ3v) is 2.99. The molecule has 1 heterocycles. The largest absolute Gasteiger partial charge is 0.383 e. The lowest BCUT2D eigenvalue weighted by atomic mass is 10.2. The third kappa shape index (κ3) is 2.40. The predicted molar refractivity (Wildman–Crippen MR) is 68.5 cm³/mol. The summed E-state index contributed by atoms with van der Waals surface area (Å²) in [6, 6.07) is 2.08. The molecule has 0 radical (unpaired) electrons. The van der Waals surface area contributed by atoms with Crippen LogP contribution in [0.3, 0.4) is 0 Å². The van der Waals surface area contributed by atoms with Crippen molar-refractivity contribution < 1.29 is 8.78 Å². The molecule has 0 bridgehead atoms. The van der Waals surface area contributed by atoms with Crippen molar-refractivity contribution in [2.45, 2.75) is 6.92 Å². The summed E-state index contributed by atoms with van der Waals surface area (Å²) in [6.07, 6.45) is 1.27. The highest BCUT2D eigenvalue weighted by molar-refractivity contribution is 9.10. The Hall–Kier alpha value is -1.76. The maximum absolute atomic E-state index is 13.6. The monoisotopic (exact) mass is 314 g/mol. The van der Waals surface area contributed by atoms with E-state index < -0.39 is 11.6 Å². The Labute approximate surface area is 110 Å². The van der Waals surface area contributed by atoms with E-state index in [4.69, 9.17) is 5.73 Å². The first kappa shape index (κ1) is 12.7. The summed E-state index contributed by atoms with van der Waals surface area (Å²) in [7, 11) is 0. The zero-order chi connectivity index (χ0) is 13.3. The van der Waals surface area contributed by atoms with Crippen LogP contribution in [0.4, 0.5) is 26.1 Å². The van der Waals surface area contributed by atoms with Gasteiger partial charge in [0.1, 0.15) is 29.6 Å². The van der Waals surface area contributed by atoms with E-state index in [9.17, 15) is 8.78 Å². The van der Waals surface area contributed by atoms with Crippen LogP contribution in [0.2, 0.25) is 0 Å². The number of hydrogen-bond acceptors (Lipinski definition) is 4. The maximum atomic E-state index is 13.6. The zero-order valence-electron chi connectivity index (χ0n) is 9.34. The lowest BCUT2D eigenvalue weighted by molar-refractivity contribution is 0.581. The number of benzene rings is 1. The molecule has 7 heteroatoms. The maximum Gasteiger partial charge on any atom is 0.149 e. The van der Waals surface area contributed by atoms with Crippen LogP contribution in [0.1, 0.15) is 5.56 Å². The zero-order valence-corrected chi connectivity index (χ0v) is 10.9. The van der Waals surface area contributed by atoms with Crippen molar-refractivity contribution in [2.75, 3.05) is 11.1 Å². The second kappa shape index (κ2) is 4.85. The highest BCUT2D eigenvalue weighted by Gasteiger charge is 2.11. The van der Waals surface area contributed by atoms with Crippen molar-refractivity contribution in [3.8, 4) is 0 Å². The van der Waals surface area contributed by atoms with Gasteiger partial charge in [0.25, 0.3) is 0 Å². The normalized spacial score (nSPS) is 10.4. The number of nitrogens with zero attached hydrogens (tertiary/aromatic N) is 2. The van der Waals surface area contributed by atoms with E-state index >= 15 is 0 Å². The number of aromatic nitrogens is 2. The van der Waals surface area contributed by atoms with Crippen LogP contribution in [-0.4, -0.2) is 9.97 Å². The van der Waals surface area contributed by atoms with Crippen molar-refractivity contribution >= 4 is 33.3 Å². The van der Waals surface area contributed by atoms with Crippen LogP contribution in [0.5, 0.6) is 0 Å². The Balaban J connectivity index is 2.40. The van der Waals surface area contributed by atoms with E-state index in [1.54, 1.807) is 6.92 Å². The molecule has 18 heavy (non-hydrogen) atoms. The summed E-state index contributed by atoms with van der Waals surface area (Å²) in [4.78, 5) is 7.75. The summed E-state index contributed by atoms with van der Waals surface area (Å²) in [5, 5.41) is 2.75. The second-order valence-electron chi connectivity index (χ2n) is 3.60. The molecule has 94 valence electrons.